The van der Waals surface area contributed by atoms with Crippen molar-refractivity contribution in [2.45, 2.75) is 64.9 Å². The molecule has 11 nitrogen and oxygen atoms in total. The first-order valence-electron chi connectivity index (χ1n) is 10.3. The molecule has 2 N–H and O–H groups in total. The predicted octanol–water partition coefficient (Wildman–Crippen LogP) is 3.59. The summed E-state index contributed by atoms with van der Waals surface area (Å²) in [7, 11) is -2.35. The second-order valence-electron chi connectivity index (χ2n) is 8.62. The van der Waals surface area contributed by atoms with E-state index in [1.54, 1.807) is 41.5 Å². The maximum absolute atomic E-state index is 12.8. The Kier molecular flexibility index (Phi) is 7.73. The number of sulfonamides is 1. The number of nitrogens with one attached hydrogen (secondary N) is 1. The SMILES string of the molecule is CCC(C)S(=O)(=O)N(C)c1cc(C(=O)O)cc(-c2nnc([C@H](C)NC(=O)OC(C)(C)C)o2)c1. The van der Waals surface area contributed by atoms with Crippen LogP contribution in [0.2, 0.25) is 0 Å². The molecule has 12 heteroatoms. The third kappa shape index (κ3) is 6.44. The van der Waals surface area contributed by atoms with Gasteiger partial charge in [-0.15, -0.1) is 10.2 Å². The van der Waals surface area contributed by atoms with Crippen LogP contribution in [0.25, 0.3) is 11.5 Å². The summed E-state index contributed by atoms with van der Waals surface area (Å²) in [5, 5.41) is 19.3. The molecule has 0 radical (unpaired) electrons. The van der Waals surface area contributed by atoms with Crippen molar-refractivity contribution in [2.75, 3.05) is 11.4 Å². The number of amides is 1. The summed E-state index contributed by atoms with van der Waals surface area (Å²) >= 11 is 0. The molecular formula is C21H30N4O7S. The molecule has 0 spiro atoms. The number of nitrogens with zero attached hydrogens (tertiary/aromatic N) is 3. The summed E-state index contributed by atoms with van der Waals surface area (Å²) in [5.41, 5.74) is -0.461. The summed E-state index contributed by atoms with van der Waals surface area (Å²) in [6.45, 7) is 10.1. The number of benzene rings is 1. The van der Waals surface area contributed by atoms with E-state index >= 15 is 0 Å². The van der Waals surface area contributed by atoms with E-state index in [9.17, 15) is 23.1 Å². The summed E-state index contributed by atoms with van der Waals surface area (Å²) in [4.78, 5) is 23.6. The van der Waals surface area contributed by atoms with Gasteiger partial charge in [-0.05, 0) is 59.2 Å². The van der Waals surface area contributed by atoms with Crippen LogP contribution >= 0.6 is 0 Å². The minimum absolute atomic E-state index is 0.0264. The van der Waals surface area contributed by atoms with E-state index in [4.69, 9.17) is 9.15 Å². The number of anilines is 1. The minimum Gasteiger partial charge on any atom is -0.478 e. The first kappa shape index (κ1) is 26.1. The lowest BCUT2D eigenvalue weighted by Crippen LogP contribution is -2.34. The second kappa shape index (κ2) is 9.77. The van der Waals surface area contributed by atoms with Crippen molar-refractivity contribution in [2.24, 2.45) is 0 Å². The maximum Gasteiger partial charge on any atom is 0.408 e. The monoisotopic (exact) mass is 482 g/mol. The van der Waals surface area contributed by atoms with Crippen LogP contribution in [-0.2, 0) is 14.8 Å². The lowest BCUT2D eigenvalue weighted by Gasteiger charge is -2.23. The second-order valence-corrected chi connectivity index (χ2v) is 11.0. The van der Waals surface area contributed by atoms with Crippen LogP contribution in [0.1, 0.15) is 70.3 Å². The summed E-state index contributed by atoms with van der Waals surface area (Å²) in [6.07, 6.45) is -0.268. The largest absolute Gasteiger partial charge is 0.478 e. The number of carboxylic acids is 1. The molecule has 1 aromatic carbocycles. The highest BCUT2D eigenvalue weighted by atomic mass is 32.2. The Morgan fingerprint density at radius 3 is 2.39 bits per heavy atom. The molecular weight excluding hydrogens is 452 g/mol. The number of alkyl carbamates (subject to hydrolysis) is 1. The van der Waals surface area contributed by atoms with Crippen LogP contribution in [-0.4, -0.2) is 53.7 Å². The molecule has 0 aliphatic rings. The number of hydrogen-bond donors (Lipinski definition) is 2. The van der Waals surface area contributed by atoms with Gasteiger partial charge in [0.05, 0.1) is 16.5 Å². The highest BCUT2D eigenvalue weighted by Crippen LogP contribution is 2.29. The molecule has 2 rings (SSSR count). The molecule has 182 valence electrons. The van der Waals surface area contributed by atoms with Crippen molar-refractivity contribution in [3.8, 4) is 11.5 Å². The fourth-order valence-electron chi connectivity index (χ4n) is 2.74. The molecule has 0 fully saturated rings. The van der Waals surface area contributed by atoms with Crippen molar-refractivity contribution in [3.05, 3.63) is 29.7 Å². The molecule has 2 aromatic rings. The fraction of sp³-hybridized carbons (Fsp3) is 0.524. The topological polar surface area (TPSA) is 152 Å². The summed E-state index contributed by atoms with van der Waals surface area (Å²) in [5.74, 6) is -1.20. The molecule has 0 saturated carbocycles. The Morgan fingerprint density at radius 1 is 1.21 bits per heavy atom. The Morgan fingerprint density at radius 2 is 1.85 bits per heavy atom. The van der Waals surface area contributed by atoms with Gasteiger partial charge in [-0.3, -0.25) is 4.31 Å². The van der Waals surface area contributed by atoms with E-state index in [0.29, 0.717) is 6.42 Å². The number of carbonyl (C=O) groups is 2. The maximum atomic E-state index is 12.8. The zero-order valence-electron chi connectivity index (χ0n) is 19.7. The molecule has 0 aliphatic carbocycles. The molecule has 0 bridgehead atoms. The van der Waals surface area contributed by atoms with E-state index in [-0.39, 0.29) is 28.6 Å². The van der Waals surface area contributed by atoms with Gasteiger partial charge in [0, 0.05) is 12.6 Å². The highest BCUT2D eigenvalue weighted by molar-refractivity contribution is 7.93. The van der Waals surface area contributed by atoms with Crippen LogP contribution in [0.5, 0.6) is 0 Å². The van der Waals surface area contributed by atoms with Crippen molar-refractivity contribution < 1.29 is 32.3 Å². The van der Waals surface area contributed by atoms with Gasteiger partial charge in [-0.25, -0.2) is 18.0 Å². The zero-order valence-corrected chi connectivity index (χ0v) is 20.6. The van der Waals surface area contributed by atoms with Crippen molar-refractivity contribution >= 4 is 27.8 Å². The number of rotatable bonds is 8. The number of hydrogen-bond acceptors (Lipinski definition) is 8. The van der Waals surface area contributed by atoms with Crippen LogP contribution in [0.15, 0.2) is 22.6 Å². The van der Waals surface area contributed by atoms with Gasteiger partial charge < -0.3 is 19.6 Å². The average molecular weight is 483 g/mol. The third-order valence-electron chi connectivity index (χ3n) is 4.78. The van der Waals surface area contributed by atoms with Gasteiger partial charge >= 0.3 is 12.1 Å². The molecule has 1 unspecified atom stereocenters. The first-order chi connectivity index (χ1) is 15.2. The van der Waals surface area contributed by atoms with Gasteiger partial charge in [-0.2, -0.15) is 0 Å². The molecule has 0 saturated heterocycles. The smallest absolute Gasteiger partial charge is 0.408 e. The number of carboxylic acid groups (broad SMARTS) is 1. The zero-order chi connectivity index (χ0) is 25.1. The van der Waals surface area contributed by atoms with Gasteiger partial charge in [0.25, 0.3) is 0 Å². The molecule has 1 amide bonds. The van der Waals surface area contributed by atoms with E-state index in [1.807, 2.05) is 0 Å². The van der Waals surface area contributed by atoms with Crippen LogP contribution in [0, 0.1) is 0 Å². The number of aromatic nitrogens is 2. The Bertz CT molecular complexity index is 1120. The lowest BCUT2D eigenvalue weighted by atomic mass is 10.1. The lowest BCUT2D eigenvalue weighted by molar-refractivity contribution is 0.0500. The molecule has 1 aromatic heterocycles. The molecule has 1 heterocycles. The van der Waals surface area contributed by atoms with Gasteiger partial charge in [0.15, 0.2) is 0 Å². The first-order valence-corrected chi connectivity index (χ1v) is 11.9. The fourth-order valence-corrected chi connectivity index (χ4v) is 4.10. The van der Waals surface area contributed by atoms with E-state index in [0.717, 1.165) is 4.31 Å². The Hall–Kier alpha value is -3.15. The van der Waals surface area contributed by atoms with Crippen molar-refractivity contribution in [1.29, 1.82) is 0 Å². The Balaban J connectivity index is 2.39. The highest BCUT2D eigenvalue weighted by Gasteiger charge is 2.27. The third-order valence-corrected chi connectivity index (χ3v) is 7.11. The van der Waals surface area contributed by atoms with Gasteiger partial charge in [0.1, 0.15) is 11.6 Å². The quantitative estimate of drug-likeness (QED) is 0.575. The minimum atomic E-state index is -3.71. The van der Waals surface area contributed by atoms with Gasteiger partial charge in [-0.1, -0.05) is 6.92 Å². The number of ether oxygens (including phenoxy) is 1. The summed E-state index contributed by atoms with van der Waals surface area (Å²) < 4.78 is 37.4. The van der Waals surface area contributed by atoms with Crippen LogP contribution in [0.3, 0.4) is 0 Å². The predicted molar refractivity (Wildman–Crippen MR) is 122 cm³/mol. The van der Waals surface area contributed by atoms with Crippen molar-refractivity contribution in [3.63, 3.8) is 0 Å². The Labute approximate surface area is 193 Å². The van der Waals surface area contributed by atoms with E-state index in [2.05, 4.69) is 15.5 Å². The molecule has 2 atom stereocenters. The molecule has 33 heavy (non-hydrogen) atoms. The van der Waals surface area contributed by atoms with Crippen LogP contribution < -0.4 is 9.62 Å². The van der Waals surface area contributed by atoms with Gasteiger partial charge in [0.2, 0.25) is 21.8 Å². The summed E-state index contributed by atoms with van der Waals surface area (Å²) in [6, 6.07) is 3.33. The average Bonchev–Trinajstić information content (AvgIpc) is 3.21. The normalized spacial score (nSPS) is 13.8. The van der Waals surface area contributed by atoms with E-state index < -0.39 is 39.0 Å². The van der Waals surface area contributed by atoms with Crippen molar-refractivity contribution in [1.82, 2.24) is 15.5 Å². The molecule has 0 aliphatic heterocycles. The number of carbonyl (C=O) groups excluding carboxylic acids is 1. The van der Waals surface area contributed by atoms with E-state index in [1.165, 1.54) is 25.2 Å². The van der Waals surface area contributed by atoms with Crippen LogP contribution in [0.4, 0.5) is 10.5 Å². The number of aromatic carboxylic acids is 1. The standard InChI is InChI=1S/C21H30N4O7S/c1-8-12(2)33(29,30)25(7)16-10-14(9-15(11-16)19(26)27)18-24-23-17(31-18)13(3)22-20(28)32-21(4,5)6/h9-13H,8H2,1-7H3,(H,22,28)(H,26,27)/t12?,13-/m0/s1.